The lowest BCUT2D eigenvalue weighted by Gasteiger charge is -2.09. The van der Waals surface area contributed by atoms with Crippen LogP contribution in [-0.2, 0) is 6.54 Å². The zero-order chi connectivity index (χ0) is 18.0. The van der Waals surface area contributed by atoms with Crippen molar-refractivity contribution in [2.45, 2.75) is 25.6 Å². The molecular weight excluding hydrogens is 380 g/mol. The van der Waals surface area contributed by atoms with Crippen molar-refractivity contribution in [2.75, 3.05) is 0 Å². The molecule has 0 atom stereocenters. The molecule has 3 aromatic rings. The van der Waals surface area contributed by atoms with Crippen LogP contribution in [0.2, 0.25) is 10.2 Å². The van der Waals surface area contributed by atoms with Crippen LogP contribution < -0.4 is 4.74 Å². The summed E-state index contributed by atoms with van der Waals surface area (Å²) in [5.74, 6) is 0.339. The van der Waals surface area contributed by atoms with Crippen LogP contribution >= 0.6 is 23.2 Å². The summed E-state index contributed by atoms with van der Waals surface area (Å²) in [6.45, 7) is 0.0462. The summed E-state index contributed by atoms with van der Waals surface area (Å²) in [6, 6.07) is 5.09. The number of hydrogen-bond acceptors (Lipinski definition) is 4. The van der Waals surface area contributed by atoms with Crippen LogP contribution in [0, 0.1) is 0 Å². The Kier molecular flexibility index (Phi) is 5.01. The number of fused-ring (bicyclic) bond motifs is 1. The van der Waals surface area contributed by atoms with Gasteiger partial charge >= 0.3 is 12.2 Å². The highest BCUT2D eigenvalue weighted by Crippen LogP contribution is 2.33. The molecule has 0 radical (unpaired) electrons. The van der Waals surface area contributed by atoms with E-state index in [1.54, 1.807) is 18.2 Å². The second kappa shape index (κ2) is 7.05. The molecule has 0 bridgehead atoms. The first kappa shape index (κ1) is 17.8. The quantitative estimate of drug-likeness (QED) is 0.595. The van der Waals surface area contributed by atoms with Gasteiger partial charge in [-0.05, 0) is 18.6 Å². The van der Waals surface area contributed by atoms with E-state index < -0.39 is 12.6 Å². The van der Waals surface area contributed by atoms with Gasteiger partial charge in [0.25, 0.3) is 0 Å². The van der Waals surface area contributed by atoms with Crippen molar-refractivity contribution in [3.8, 4) is 11.8 Å². The minimum atomic E-state index is -4.22. The van der Waals surface area contributed by atoms with Crippen molar-refractivity contribution in [1.29, 1.82) is 0 Å². The first-order chi connectivity index (χ1) is 11.8. The summed E-state index contributed by atoms with van der Waals surface area (Å²) >= 11 is 11.8. The van der Waals surface area contributed by atoms with Gasteiger partial charge in [0.15, 0.2) is 10.9 Å². The number of alkyl halides is 3. The Bertz CT molecular complexity index is 881. The predicted molar refractivity (Wildman–Crippen MR) is 87.1 cm³/mol. The van der Waals surface area contributed by atoms with E-state index in [9.17, 15) is 13.2 Å². The first-order valence-corrected chi connectivity index (χ1v) is 7.96. The van der Waals surface area contributed by atoms with Crippen LogP contribution in [0.15, 0.2) is 30.6 Å². The Labute approximate surface area is 150 Å². The molecule has 2 heterocycles. The molecule has 1 aromatic carbocycles. The van der Waals surface area contributed by atoms with Crippen molar-refractivity contribution in [2.24, 2.45) is 0 Å². The van der Waals surface area contributed by atoms with E-state index >= 15 is 0 Å². The highest BCUT2D eigenvalue weighted by atomic mass is 35.5. The van der Waals surface area contributed by atoms with Gasteiger partial charge in [-0.1, -0.05) is 29.3 Å². The SMILES string of the molecule is FC(F)(F)CCCn1nc(Cl)c2cccc(Oc3ncc(Cl)cn3)c21. The van der Waals surface area contributed by atoms with Gasteiger partial charge in [0.1, 0.15) is 5.52 Å². The fourth-order valence-electron chi connectivity index (χ4n) is 2.29. The van der Waals surface area contributed by atoms with Gasteiger partial charge in [-0.3, -0.25) is 4.68 Å². The summed E-state index contributed by atoms with van der Waals surface area (Å²) < 4.78 is 44.1. The molecule has 0 fully saturated rings. The molecule has 0 aliphatic heterocycles. The highest BCUT2D eigenvalue weighted by Gasteiger charge is 2.26. The zero-order valence-corrected chi connectivity index (χ0v) is 14.1. The molecule has 0 spiro atoms. The van der Waals surface area contributed by atoms with Crippen LogP contribution in [0.1, 0.15) is 12.8 Å². The van der Waals surface area contributed by atoms with Gasteiger partial charge in [0.05, 0.1) is 17.4 Å². The molecule has 0 N–H and O–H groups in total. The number of ether oxygens (including phenoxy) is 1. The fourth-order valence-corrected chi connectivity index (χ4v) is 2.63. The Balaban J connectivity index is 1.91. The van der Waals surface area contributed by atoms with E-state index in [2.05, 4.69) is 15.1 Å². The first-order valence-electron chi connectivity index (χ1n) is 7.21. The summed E-state index contributed by atoms with van der Waals surface area (Å²) in [5.41, 5.74) is 0.480. The van der Waals surface area contributed by atoms with E-state index in [-0.39, 0.29) is 24.1 Å². The average Bonchev–Trinajstić information content (AvgIpc) is 2.86. The zero-order valence-electron chi connectivity index (χ0n) is 12.6. The molecule has 0 amide bonds. The van der Waals surface area contributed by atoms with Crippen molar-refractivity contribution < 1.29 is 17.9 Å². The lowest BCUT2D eigenvalue weighted by atomic mass is 10.2. The number of halogens is 5. The van der Waals surface area contributed by atoms with E-state index in [4.69, 9.17) is 27.9 Å². The molecule has 0 saturated heterocycles. The minimum Gasteiger partial charge on any atom is -0.422 e. The molecule has 25 heavy (non-hydrogen) atoms. The van der Waals surface area contributed by atoms with Crippen LogP contribution in [0.25, 0.3) is 10.9 Å². The Morgan fingerprint density at radius 2 is 1.84 bits per heavy atom. The fraction of sp³-hybridized carbons (Fsp3) is 0.267. The maximum Gasteiger partial charge on any atom is 0.389 e. The van der Waals surface area contributed by atoms with Gasteiger partial charge in [-0.25, -0.2) is 9.97 Å². The molecule has 3 rings (SSSR count). The lowest BCUT2D eigenvalue weighted by Crippen LogP contribution is -2.10. The third-order valence-corrected chi connectivity index (χ3v) is 3.79. The van der Waals surface area contributed by atoms with Gasteiger partial charge < -0.3 is 4.74 Å². The molecule has 0 aliphatic carbocycles. The molecule has 5 nitrogen and oxygen atoms in total. The van der Waals surface area contributed by atoms with Gasteiger partial charge in [-0.2, -0.15) is 18.3 Å². The average molecular weight is 391 g/mol. The van der Waals surface area contributed by atoms with E-state index in [1.807, 2.05) is 0 Å². The van der Waals surface area contributed by atoms with E-state index in [0.717, 1.165) is 0 Å². The van der Waals surface area contributed by atoms with E-state index in [1.165, 1.54) is 17.1 Å². The van der Waals surface area contributed by atoms with Crippen LogP contribution in [0.3, 0.4) is 0 Å². The summed E-state index contributed by atoms with van der Waals surface area (Å²) in [6.07, 6.45) is -2.50. The topological polar surface area (TPSA) is 52.8 Å². The Morgan fingerprint density at radius 1 is 1.12 bits per heavy atom. The predicted octanol–water partition coefficient (Wildman–Crippen LogP) is 5.27. The molecular formula is C15H11Cl2F3N4O. The molecule has 0 saturated carbocycles. The number of rotatable bonds is 5. The maximum atomic E-state index is 12.4. The number of hydrogen-bond donors (Lipinski definition) is 0. The van der Waals surface area contributed by atoms with Crippen LogP contribution in [0.4, 0.5) is 13.2 Å². The third-order valence-electron chi connectivity index (χ3n) is 3.32. The van der Waals surface area contributed by atoms with Gasteiger partial charge in [0.2, 0.25) is 0 Å². The van der Waals surface area contributed by atoms with Gasteiger partial charge in [0, 0.05) is 18.4 Å². The lowest BCUT2D eigenvalue weighted by molar-refractivity contribution is -0.135. The number of aryl methyl sites for hydroxylation is 1. The molecule has 2 aromatic heterocycles. The number of aromatic nitrogens is 4. The van der Waals surface area contributed by atoms with Crippen molar-refractivity contribution in [3.05, 3.63) is 40.8 Å². The smallest absolute Gasteiger partial charge is 0.389 e. The second-order valence-electron chi connectivity index (χ2n) is 5.17. The Morgan fingerprint density at radius 3 is 2.52 bits per heavy atom. The molecule has 0 aliphatic rings. The number of benzene rings is 1. The standard InChI is InChI=1S/C15H11Cl2F3N4O/c16-9-7-21-14(22-8-9)25-11-4-1-3-10-12(11)24(23-13(10)17)6-2-5-15(18,19)20/h1,3-4,7-8H,2,5-6H2. The monoisotopic (exact) mass is 390 g/mol. The normalized spacial score (nSPS) is 11.9. The molecule has 10 heteroatoms. The van der Waals surface area contributed by atoms with Gasteiger partial charge in [-0.15, -0.1) is 0 Å². The molecule has 0 unspecified atom stereocenters. The van der Waals surface area contributed by atoms with Crippen molar-refractivity contribution in [3.63, 3.8) is 0 Å². The third kappa shape index (κ3) is 4.32. The second-order valence-corrected chi connectivity index (χ2v) is 5.97. The summed E-state index contributed by atoms with van der Waals surface area (Å²) in [5, 5.41) is 5.21. The van der Waals surface area contributed by atoms with Crippen molar-refractivity contribution in [1.82, 2.24) is 19.7 Å². The summed E-state index contributed by atoms with van der Waals surface area (Å²) in [7, 11) is 0. The van der Waals surface area contributed by atoms with Crippen LogP contribution in [0.5, 0.6) is 11.8 Å². The van der Waals surface area contributed by atoms with Crippen LogP contribution in [-0.4, -0.2) is 25.9 Å². The maximum absolute atomic E-state index is 12.4. The largest absolute Gasteiger partial charge is 0.422 e. The minimum absolute atomic E-state index is 0.0462. The van der Waals surface area contributed by atoms with Crippen molar-refractivity contribution >= 4 is 34.1 Å². The molecule has 132 valence electrons. The Hall–Kier alpha value is -2.06. The van der Waals surface area contributed by atoms with E-state index in [0.29, 0.717) is 21.7 Å². The number of nitrogens with zero attached hydrogens (tertiary/aromatic N) is 4. The highest BCUT2D eigenvalue weighted by molar-refractivity contribution is 6.34. The number of para-hydroxylation sites is 1. The summed E-state index contributed by atoms with van der Waals surface area (Å²) in [4.78, 5) is 7.87.